The summed E-state index contributed by atoms with van der Waals surface area (Å²) in [5.74, 6) is 0.927. The van der Waals surface area contributed by atoms with Crippen molar-refractivity contribution in [3.05, 3.63) is 29.8 Å². The molecule has 1 heterocycles. The van der Waals surface area contributed by atoms with Crippen LogP contribution in [0.2, 0.25) is 0 Å². The molecular formula is C18H28F3IN4O. The molecule has 1 fully saturated rings. The molecule has 1 unspecified atom stereocenters. The van der Waals surface area contributed by atoms with E-state index >= 15 is 0 Å². The number of benzene rings is 1. The van der Waals surface area contributed by atoms with Crippen molar-refractivity contribution in [2.75, 3.05) is 33.2 Å². The Morgan fingerprint density at radius 1 is 1.30 bits per heavy atom. The van der Waals surface area contributed by atoms with Crippen molar-refractivity contribution < 1.29 is 17.9 Å². The number of halogens is 4. The minimum Gasteiger partial charge on any atom is -0.405 e. The average Bonchev–Trinajstić information content (AvgIpc) is 3.03. The van der Waals surface area contributed by atoms with Gasteiger partial charge in [0.1, 0.15) is 5.75 Å². The Bertz CT molecular complexity index is 598. The second-order valence-corrected chi connectivity index (χ2v) is 6.42. The molecule has 0 spiro atoms. The van der Waals surface area contributed by atoms with Gasteiger partial charge in [0.15, 0.2) is 5.96 Å². The topological polar surface area (TPSA) is 48.9 Å². The van der Waals surface area contributed by atoms with Crippen LogP contribution in [0.1, 0.15) is 25.3 Å². The Morgan fingerprint density at radius 3 is 2.70 bits per heavy atom. The highest BCUT2D eigenvalue weighted by Gasteiger charge is 2.32. The van der Waals surface area contributed by atoms with Crippen LogP contribution in [0.4, 0.5) is 13.2 Å². The molecule has 27 heavy (non-hydrogen) atoms. The summed E-state index contributed by atoms with van der Waals surface area (Å²) < 4.78 is 41.5. The van der Waals surface area contributed by atoms with Crippen LogP contribution in [0.3, 0.4) is 0 Å². The second-order valence-electron chi connectivity index (χ2n) is 6.42. The lowest BCUT2D eigenvalue weighted by atomic mass is 10.1. The maximum Gasteiger partial charge on any atom is 0.573 e. The molecule has 1 saturated heterocycles. The number of alkyl halides is 3. The number of hydrogen-bond donors (Lipinski definition) is 2. The van der Waals surface area contributed by atoms with Crippen molar-refractivity contribution in [3.63, 3.8) is 0 Å². The van der Waals surface area contributed by atoms with Crippen molar-refractivity contribution in [2.45, 2.75) is 32.7 Å². The summed E-state index contributed by atoms with van der Waals surface area (Å²) in [6, 6.07) is 6.10. The van der Waals surface area contributed by atoms with E-state index in [4.69, 9.17) is 0 Å². The van der Waals surface area contributed by atoms with Crippen LogP contribution in [0.15, 0.2) is 29.3 Å². The Labute approximate surface area is 175 Å². The van der Waals surface area contributed by atoms with Crippen molar-refractivity contribution >= 4 is 29.9 Å². The molecule has 154 valence electrons. The minimum atomic E-state index is -4.71. The van der Waals surface area contributed by atoms with E-state index in [1.54, 1.807) is 19.2 Å². The van der Waals surface area contributed by atoms with Crippen LogP contribution in [0.25, 0.3) is 0 Å². The molecule has 2 N–H and O–H groups in total. The maximum atomic E-state index is 12.5. The first kappa shape index (κ1) is 23.8. The molecule has 0 saturated carbocycles. The lowest BCUT2D eigenvalue weighted by Crippen LogP contribution is -2.40. The van der Waals surface area contributed by atoms with Crippen molar-refractivity contribution in [1.82, 2.24) is 15.5 Å². The van der Waals surface area contributed by atoms with Gasteiger partial charge in [-0.05, 0) is 37.9 Å². The first-order chi connectivity index (χ1) is 12.4. The summed E-state index contributed by atoms with van der Waals surface area (Å²) in [4.78, 5) is 6.59. The maximum absolute atomic E-state index is 12.5. The zero-order valence-corrected chi connectivity index (χ0v) is 18.0. The lowest BCUT2D eigenvalue weighted by Gasteiger charge is -2.18. The summed E-state index contributed by atoms with van der Waals surface area (Å²) in [5.41, 5.74) is 0.419. The number of rotatable bonds is 7. The van der Waals surface area contributed by atoms with Gasteiger partial charge in [-0.2, -0.15) is 0 Å². The number of nitrogens with one attached hydrogen (secondary N) is 2. The van der Waals surface area contributed by atoms with Gasteiger partial charge in [0.2, 0.25) is 0 Å². The molecule has 0 radical (unpaired) electrons. The summed E-state index contributed by atoms with van der Waals surface area (Å²) in [7, 11) is 1.64. The molecule has 1 aliphatic heterocycles. The van der Waals surface area contributed by atoms with Crippen LogP contribution in [0.5, 0.6) is 5.75 Å². The molecule has 0 aliphatic carbocycles. The highest BCUT2D eigenvalue weighted by Crippen LogP contribution is 2.26. The Kier molecular flexibility index (Phi) is 10.2. The Balaban J connectivity index is 0.00000364. The summed E-state index contributed by atoms with van der Waals surface area (Å²) >= 11 is 0. The fourth-order valence-electron chi connectivity index (χ4n) is 3.11. The van der Waals surface area contributed by atoms with E-state index < -0.39 is 6.36 Å². The fourth-order valence-corrected chi connectivity index (χ4v) is 3.11. The first-order valence-corrected chi connectivity index (χ1v) is 8.91. The van der Waals surface area contributed by atoms with Gasteiger partial charge in [0.25, 0.3) is 0 Å². The van der Waals surface area contributed by atoms with Gasteiger partial charge >= 0.3 is 6.36 Å². The molecule has 0 aromatic heterocycles. The highest BCUT2D eigenvalue weighted by atomic mass is 127. The number of aliphatic imine (C=N–C) groups is 1. The van der Waals surface area contributed by atoms with Crippen LogP contribution in [0, 0.1) is 5.92 Å². The highest BCUT2D eigenvalue weighted by molar-refractivity contribution is 14.0. The quantitative estimate of drug-likeness (QED) is 0.342. The van der Waals surface area contributed by atoms with Crippen LogP contribution in [-0.4, -0.2) is 50.4 Å². The third kappa shape index (κ3) is 8.54. The van der Waals surface area contributed by atoms with E-state index in [2.05, 4.69) is 32.2 Å². The number of hydrogen-bond acceptors (Lipinski definition) is 3. The predicted molar refractivity (Wildman–Crippen MR) is 112 cm³/mol. The van der Waals surface area contributed by atoms with Gasteiger partial charge in [-0.3, -0.25) is 4.99 Å². The van der Waals surface area contributed by atoms with Crippen molar-refractivity contribution in [3.8, 4) is 5.75 Å². The minimum absolute atomic E-state index is 0. The van der Waals surface area contributed by atoms with E-state index in [9.17, 15) is 13.2 Å². The third-order valence-corrected chi connectivity index (χ3v) is 4.34. The number of para-hydroxylation sites is 1. The molecule has 0 bridgehead atoms. The zero-order chi connectivity index (χ0) is 19.0. The molecule has 5 nitrogen and oxygen atoms in total. The first-order valence-electron chi connectivity index (χ1n) is 8.91. The second kappa shape index (κ2) is 11.6. The van der Waals surface area contributed by atoms with Gasteiger partial charge < -0.3 is 20.3 Å². The van der Waals surface area contributed by atoms with Gasteiger partial charge in [0.05, 0.1) is 0 Å². The fraction of sp³-hybridized carbons (Fsp3) is 0.611. The average molecular weight is 500 g/mol. The van der Waals surface area contributed by atoms with Crippen LogP contribution < -0.4 is 15.4 Å². The molecule has 9 heteroatoms. The van der Waals surface area contributed by atoms with E-state index in [1.807, 2.05) is 0 Å². The molecule has 1 aromatic carbocycles. The Hall–Kier alpha value is -1.23. The predicted octanol–water partition coefficient (Wildman–Crippen LogP) is 3.60. The number of guanidine groups is 1. The van der Waals surface area contributed by atoms with E-state index in [0.29, 0.717) is 17.4 Å². The van der Waals surface area contributed by atoms with E-state index in [-0.39, 0.29) is 36.3 Å². The lowest BCUT2D eigenvalue weighted by molar-refractivity contribution is -0.274. The monoisotopic (exact) mass is 500 g/mol. The summed E-state index contributed by atoms with van der Waals surface area (Å²) in [6.07, 6.45) is -2.40. The van der Waals surface area contributed by atoms with Crippen LogP contribution >= 0.6 is 24.0 Å². The van der Waals surface area contributed by atoms with E-state index in [0.717, 1.165) is 39.0 Å². The summed E-state index contributed by atoms with van der Waals surface area (Å²) in [6.45, 7) is 6.48. The standard InChI is InChI=1S/C18H27F3N4O.HI/c1-3-9-25-10-8-14(13-25)11-23-17(22-2)24-12-15-6-4-5-7-16(15)26-18(19,20)21;/h4-7,14H,3,8-13H2,1-2H3,(H2,22,23,24);1H. The number of ether oxygens (including phenoxy) is 1. The smallest absolute Gasteiger partial charge is 0.405 e. The zero-order valence-electron chi connectivity index (χ0n) is 15.7. The molecule has 1 aliphatic rings. The van der Waals surface area contributed by atoms with E-state index in [1.165, 1.54) is 12.1 Å². The largest absolute Gasteiger partial charge is 0.573 e. The van der Waals surface area contributed by atoms with Gasteiger partial charge in [-0.25, -0.2) is 0 Å². The molecule has 2 rings (SSSR count). The summed E-state index contributed by atoms with van der Waals surface area (Å²) in [5, 5.41) is 6.31. The molecule has 1 atom stereocenters. The molecule has 1 aromatic rings. The van der Waals surface area contributed by atoms with Gasteiger partial charge in [-0.1, -0.05) is 25.1 Å². The number of nitrogens with zero attached hydrogens (tertiary/aromatic N) is 2. The molecular weight excluding hydrogens is 472 g/mol. The third-order valence-electron chi connectivity index (χ3n) is 4.34. The SMILES string of the molecule is CCCN1CCC(CNC(=NC)NCc2ccccc2OC(F)(F)F)C1.I. The van der Waals surface area contributed by atoms with Gasteiger partial charge in [-0.15, -0.1) is 37.1 Å². The number of likely N-dealkylation sites (tertiary alicyclic amines) is 1. The molecule has 0 amide bonds. The van der Waals surface area contributed by atoms with Gasteiger partial charge in [0, 0.05) is 32.2 Å². The van der Waals surface area contributed by atoms with Crippen LogP contribution in [-0.2, 0) is 6.54 Å². The van der Waals surface area contributed by atoms with Crippen molar-refractivity contribution in [1.29, 1.82) is 0 Å². The van der Waals surface area contributed by atoms with Crippen molar-refractivity contribution in [2.24, 2.45) is 10.9 Å². The Morgan fingerprint density at radius 2 is 2.04 bits per heavy atom. The normalized spacial score (nSPS) is 18.1.